The lowest BCUT2D eigenvalue weighted by atomic mass is 9.93. The maximum atomic E-state index is 2.50. The molecule has 0 saturated heterocycles. The number of hydrogen-bond donors (Lipinski definition) is 0. The summed E-state index contributed by atoms with van der Waals surface area (Å²) < 4.78 is 0. The summed E-state index contributed by atoms with van der Waals surface area (Å²) in [7, 11) is 0. The van der Waals surface area contributed by atoms with Crippen LogP contribution in [-0.2, 0) is 0 Å². The van der Waals surface area contributed by atoms with Crippen LogP contribution >= 0.6 is 0 Å². The molecule has 90 valence electrons. The van der Waals surface area contributed by atoms with E-state index in [1.165, 1.54) is 11.3 Å². The molecule has 1 aromatic rings. The Kier molecular flexibility index (Phi) is 3.37. The van der Waals surface area contributed by atoms with Gasteiger partial charge in [-0.2, -0.15) is 0 Å². The van der Waals surface area contributed by atoms with Crippen molar-refractivity contribution in [2.45, 2.75) is 59.5 Å². The van der Waals surface area contributed by atoms with Crippen LogP contribution in [0.1, 0.15) is 47.1 Å². The summed E-state index contributed by atoms with van der Waals surface area (Å²) in [5.41, 5.74) is 2.93. The molecule has 0 aliphatic rings. The lowest BCUT2D eigenvalue weighted by molar-refractivity contribution is 0.380. The van der Waals surface area contributed by atoms with E-state index in [-0.39, 0.29) is 11.1 Å². The van der Waals surface area contributed by atoms with Crippen LogP contribution in [0.15, 0.2) is 24.3 Å². The van der Waals surface area contributed by atoms with E-state index in [1.807, 2.05) is 0 Å². The van der Waals surface area contributed by atoms with Crippen LogP contribution in [0.5, 0.6) is 0 Å². The summed E-state index contributed by atoms with van der Waals surface area (Å²) in [6, 6.07) is 8.61. The van der Waals surface area contributed by atoms with E-state index in [4.69, 9.17) is 0 Å². The molecule has 0 heterocycles. The van der Waals surface area contributed by atoms with Crippen LogP contribution in [-0.4, -0.2) is 11.1 Å². The van der Waals surface area contributed by atoms with Gasteiger partial charge >= 0.3 is 0 Å². The second kappa shape index (κ2) is 4.12. The second-order valence-electron chi connectivity index (χ2n) is 6.46. The fourth-order valence-corrected chi connectivity index (χ4v) is 2.54. The van der Waals surface area contributed by atoms with Crippen molar-refractivity contribution in [1.29, 1.82) is 0 Å². The number of aryl methyl sites for hydroxylation is 1. The molecule has 0 spiro atoms. The number of rotatable bonds is 1. The van der Waals surface area contributed by atoms with Crippen molar-refractivity contribution in [2.24, 2.45) is 0 Å². The zero-order valence-corrected chi connectivity index (χ0v) is 11.8. The highest BCUT2D eigenvalue weighted by molar-refractivity contribution is 5.56. The third kappa shape index (κ3) is 2.78. The first kappa shape index (κ1) is 13.1. The Morgan fingerprint density at radius 1 is 0.812 bits per heavy atom. The van der Waals surface area contributed by atoms with Crippen LogP contribution in [0, 0.1) is 6.92 Å². The van der Waals surface area contributed by atoms with Crippen molar-refractivity contribution in [3.05, 3.63) is 29.8 Å². The molecule has 1 heteroatoms. The summed E-state index contributed by atoms with van der Waals surface area (Å²) in [4.78, 5) is 2.50. The molecular weight excluding hydrogens is 194 g/mol. The van der Waals surface area contributed by atoms with Crippen LogP contribution in [0.25, 0.3) is 0 Å². The lowest BCUT2D eigenvalue weighted by Gasteiger charge is -2.48. The van der Waals surface area contributed by atoms with Gasteiger partial charge in [0, 0.05) is 16.8 Å². The lowest BCUT2D eigenvalue weighted by Crippen LogP contribution is -2.53. The Bertz CT molecular complexity index is 338. The molecule has 0 bridgehead atoms. The first-order chi connectivity index (χ1) is 7.14. The third-order valence-electron chi connectivity index (χ3n) is 2.70. The number of hydrogen-bond acceptors (Lipinski definition) is 1. The normalized spacial score (nSPS) is 12.7. The minimum absolute atomic E-state index is 0.129. The Morgan fingerprint density at radius 3 is 1.62 bits per heavy atom. The number of nitrogens with zero attached hydrogens (tertiary/aromatic N) is 1. The van der Waals surface area contributed by atoms with E-state index in [9.17, 15) is 0 Å². The molecule has 0 fully saturated rings. The first-order valence-corrected chi connectivity index (χ1v) is 6.00. The van der Waals surface area contributed by atoms with Crippen molar-refractivity contribution >= 4 is 5.69 Å². The smallest absolute Gasteiger partial charge is 0.0404 e. The van der Waals surface area contributed by atoms with Gasteiger partial charge in [-0.1, -0.05) is 18.2 Å². The molecule has 1 rings (SSSR count). The van der Waals surface area contributed by atoms with Crippen molar-refractivity contribution < 1.29 is 0 Å². The molecule has 0 aliphatic heterocycles. The van der Waals surface area contributed by atoms with E-state index >= 15 is 0 Å². The molecule has 0 saturated carbocycles. The van der Waals surface area contributed by atoms with Gasteiger partial charge in [0.2, 0.25) is 0 Å². The molecular formula is C15H25N. The van der Waals surface area contributed by atoms with E-state index in [0.29, 0.717) is 0 Å². The number of para-hydroxylation sites is 1. The summed E-state index contributed by atoms with van der Waals surface area (Å²) in [5, 5.41) is 0. The van der Waals surface area contributed by atoms with Crippen molar-refractivity contribution in [3.63, 3.8) is 0 Å². The Hall–Kier alpha value is -0.980. The molecule has 0 N–H and O–H groups in total. The van der Waals surface area contributed by atoms with Crippen LogP contribution in [0.3, 0.4) is 0 Å². The van der Waals surface area contributed by atoms with Gasteiger partial charge < -0.3 is 4.90 Å². The van der Waals surface area contributed by atoms with Crippen LogP contribution in [0.2, 0.25) is 0 Å². The quantitative estimate of drug-likeness (QED) is 0.676. The van der Waals surface area contributed by atoms with Gasteiger partial charge in [0.15, 0.2) is 0 Å². The van der Waals surface area contributed by atoms with Crippen LogP contribution in [0.4, 0.5) is 5.69 Å². The molecule has 1 nitrogen and oxygen atoms in total. The minimum Gasteiger partial charge on any atom is -0.362 e. The van der Waals surface area contributed by atoms with E-state index < -0.39 is 0 Å². The highest BCUT2D eigenvalue weighted by Gasteiger charge is 2.32. The predicted molar refractivity (Wildman–Crippen MR) is 73.2 cm³/mol. The summed E-state index contributed by atoms with van der Waals surface area (Å²) in [6.07, 6.45) is 0. The predicted octanol–water partition coefficient (Wildman–Crippen LogP) is 4.40. The van der Waals surface area contributed by atoms with Crippen molar-refractivity contribution in [3.8, 4) is 0 Å². The van der Waals surface area contributed by atoms with Gasteiger partial charge in [-0.3, -0.25) is 0 Å². The average molecular weight is 219 g/mol. The second-order valence-corrected chi connectivity index (χ2v) is 6.46. The topological polar surface area (TPSA) is 3.24 Å². The molecule has 16 heavy (non-hydrogen) atoms. The molecule has 0 aromatic heterocycles. The Labute approximate surface area is 100 Å². The SMILES string of the molecule is Cc1ccccc1N(C(C)(C)C)C(C)(C)C. The largest absolute Gasteiger partial charge is 0.362 e. The van der Waals surface area contributed by atoms with Gasteiger partial charge in [0.05, 0.1) is 0 Å². The highest BCUT2D eigenvalue weighted by Crippen LogP contribution is 2.33. The zero-order valence-electron chi connectivity index (χ0n) is 11.8. The summed E-state index contributed by atoms with van der Waals surface area (Å²) in [6.45, 7) is 15.8. The van der Waals surface area contributed by atoms with Gasteiger partial charge in [0.25, 0.3) is 0 Å². The molecule has 0 radical (unpaired) electrons. The van der Waals surface area contributed by atoms with E-state index in [0.717, 1.165) is 0 Å². The standard InChI is InChI=1S/C15H25N/c1-12-10-8-9-11-13(12)16(14(2,3)4)15(5,6)7/h8-11H,1-7H3. The van der Waals surface area contributed by atoms with Gasteiger partial charge in [-0.05, 0) is 60.1 Å². The van der Waals surface area contributed by atoms with Gasteiger partial charge in [-0.25, -0.2) is 0 Å². The molecule has 1 aromatic carbocycles. The minimum atomic E-state index is 0.129. The van der Waals surface area contributed by atoms with Gasteiger partial charge in [0.1, 0.15) is 0 Å². The summed E-state index contributed by atoms with van der Waals surface area (Å²) in [5.74, 6) is 0. The van der Waals surface area contributed by atoms with E-state index in [2.05, 4.69) is 77.6 Å². The average Bonchev–Trinajstić information content (AvgIpc) is 2.03. The fraction of sp³-hybridized carbons (Fsp3) is 0.600. The van der Waals surface area contributed by atoms with E-state index in [1.54, 1.807) is 0 Å². The number of benzene rings is 1. The fourth-order valence-electron chi connectivity index (χ4n) is 2.54. The number of anilines is 1. The monoisotopic (exact) mass is 219 g/mol. The Morgan fingerprint density at radius 2 is 1.25 bits per heavy atom. The first-order valence-electron chi connectivity index (χ1n) is 6.00. The third-order valence-corrected chi connectivity index (χ3v) is 2.70. The highest BCUT2D eigenvalue weighted by atomic mass is 15.2. The maximum absolute atomic E-state index is 2.50. The maximum Gasteiger partial charge on any atom is 0.0404 e. The molecule has 0 amide bonds. The van der Waals surface area contributed by atoms with Crippen LogP contribution < -0.4 is 4.90 Å². The zero-order chi connectivity index (χ0) is 12.6. The Balaban J connectivity index is 3.29. The summed E-state index contributed by atoms with van der Waals surface area (Å²) >= 11 is 0. The molecule has 0 unspecified atom stereocenters. The van der Waals surface area contributed by atoms with Crippen molar-refractivity contribution in [2.75, 3.05) is 4.90 Å². The van der Waals surface area contributed by atoms with Gasteiger partial charge in [-0.15, -0.1) is 0 Å². The molecule has 0 atom stereocenters. The molecule has 0 aliphatic carbocycles. The van der Waals surface area contributed by atoms with Crippen molar-refractivity contribution in [1.82, 2.24) is 0 Å².